The Kier molecular flexibility index (Phi) is 17.8. The molecule has 0 spiro atoms. The first-order chi connectivity index (χ1) is 28.2. The normalized spacial score (nSPS) is 23.8. The number of rotatable bonds is 13. The second-order valence-corrected chi connectivity index (χ2v) is 16.3. The van der Waals surface area contributed by atoms with E-state index in [4.69, 9.17) is 23.7 Å². The van der Waals surface area contributed by atoms with Crippen LogP contribution < -0.4 is 20.7 Å². The monoisotopic (exact) mass is 837 g/mol. The number of ketones is 1. The Morgan fingerprint density at radius 2 is 1.48 bits per heavy atom. The van der Waals surface area contributed by atoms with E-state index in [0.717, 1.165) is 5.56 Å². The number of hydrogen-bond acceptors (Lipinski definition) is 13. The van der Waals surface area contributed by atoms with Gasteiger partial charge in [-0.2, -0.15) is 0 Å². The van der Waals surface area contributed by atoms with Crippen LogP contribution in [0.2, 0.25) is 0 Å². The minimum Gasteiger partial charge on any atom is -0.486 e. The molecule has 16 heteroatoms. The maximum atomic E-state index is 14.1. The lowest BCUT2D eigenvalue weighted by atomic mass is 9.81. The van der Waals surface area contributed by atoms with Crippen LogP contribution in [0.5, 0.6) is 5.75 Å². The number of ether oxygens (including phenoxy) is 5. The summed E-state index contributed by atoms with van der Waals surface area (Å²) in [6, 6.07) is 10.3. The molecule has 60 heavy (non-hydrogen) atoms. The van der Waals surface area contributed by atoms with Crippen molar-refractivity contribution in [3.8, 4) is 5.75 Å². The van der Waals surface area contributed by atoms with E-state index in [2.05, 4.69) is 16.0 Å². The summed E-state index contributed by atoms with van der Waals surface area (Å²) in [6.45, 7) is 15.7. The lowest BCUT2D eigenvalue weighted by Gasteiger charge is -2.32. The van der Waals surface area contributed by atoms with Crippen molar-refractivity contribution in [3.63, 3.8) is 0 Å². The minimum absolute atomic E-state index is 0.00973. The first kappa shape index (κ1) is 48.6. The highest BCUT2D eigenvalue weighted by Gasteiger charge is 2.46. The molecule has 0 saturated carbocycles. The van der Waals surface area contributed by atoms with Crippen LogP contribution in [-0.4, -0.2) is 84.4 Å². The maximum absolute atomic E-state index is 14.1. The molecule has 0 radical (unpaired) electrons. The highest BCUT2D eigenvalue weighted by atomic mass is 16.6. The Hall–Kier alpha value is -5.80. The zero-order valence-corrected chi connectivity index (χ0v) is 36.0. The smallest absolute Gasteiger partial charge is 0.347 e. The van der Waals surface area contributed by atoms with Gasteiger partial charge in [-0.15, -0.1) is 0 Å². The summed E-state index contributed by atoms with van der Waals surface area (Å²) in [6.07, 6.45) is -5.34. The van der Waals surface area contributed by atoms with Gasteiger partial charge in [-0.3, -0.25) is 24.0 Å². The summed E-state index contributed by atoms with van der Waals surface area (Å²) in [7, 11) is 0. The van der Waals surface area contributed by atoms with Crippen molar-refractivity contribution in [2.45, 2.75) is 132 Å². The summed E-state index contributed by atoms with van der Waals surface area (Å²) in [5.41, 5.74) is -1.14. The van der Waals surface area contributed by atoms with Crippen molar-refractivity contribution in [2.24, 2.45) is 23.2 Å². The topological polar surface area (TPSA) is 219 Å². The molecule has 0 aliphatic carbocycles. The molecule has 3 N–H and O–H groups in total. The summed E-state index contributed by atoms with van der Waals surface area (Å²) in [5.74, 6) is -7.92. The Morgan fingerprint density at radius 1 is 0.833 bits per heavy atom. The molecule has 2 aromatic carbocycles. The molecular formula is C44H59N3O13. The fourth-order valence-corrected chi connectivity index (χ4v) is 6.24. The zero-order valence-electron chi connectivity index (χ0n) is 36.0. The van der Waals surface area contributed by atoms with Crippen molar-refractivity contribution in [3.05, 3.63) is 59.7 Å². The van der Waals surface area contributed by atoms with Gasteiger partial charge in [-0.05, 0) is 76.5 Å². The molecule has 3 rings (SSSR count). The zero-order chi connectivity index (χ0) is 44.9. The first-order valence-electron chi connectivity index (χ1n) is 20.2. The van der Waals surface area contributed by atoms with Gasteiger partial charge in [0.1, 0.15) is 18.1 Å². The molecule has 1 aliphatic heterocycles. The van der Waals surface area contributed by atoms with Gasteiger partial charge in [-0.1, -0.05) is 77.9 Å². The number of para-hydroxylation sites is 1. The second kappa shape index (κ2) is 22.0. The van der Waals surface area contributed by atoms with E-state index in [0.29, 0.717) is 12.8 Å². The van der Waals surface area contributed by atoms with E-state index in [9.17, 15) is 38.4 Å². The van der Waals surface area contributed by atoms with Crippen LogP contribution >= 0.6 is 0 Å². The molecular weight excluding hydrogens is 778 g/mol. The van der Waals surface area contributed by atoms with E-state index in [1.807, 2.05) is 19.9 Å². The Morgan fingerprint density at radius 3 is 2.08 bits per heavy atom. The van der Waals surface area contributed by atoms with E-state index >= 15 is 0 Å². The molecule has 0 aromatic heterocycles. The molecule has 328 valence electrons. The summed E-state index contributed by atoms with van der Waals surface area (Å²) >= 11 is 0. The molecule has 16 nitrogen and oxygen atoms in total. The van der Waals surface area contributed by atoms with Crippen LogP contribution in [0.25, 0.3) is 0 Å². The number of carbonyl (C=O) groups excluding carboxylic acids is 8. The van der Waals surface area contributed by atoms with Crippen molar-refractivity contribution in [1.82, 2.24) is 10.6 Å². The van der Waals surface area contributed by atoms with Crippen LogP contribution in [-0.2, 0) is 59.1 Å². The molecule has 2 aromatic rings. The van der Waals surface area contributed by atoms with E-state index < -0.39 is 89.3 Å². The van der Waals surface area contributed by atoms with Crippen molar-refractivity contribution >= 4 is 53.6 Å². The average Bonchev–Trinajstić information content (AvgIpc) is 3.19. The maximum Gasteiger partial charge on any atom is 0.347 e. The lowest BCUT2D eigenvalue weighted by Crippen LogP contribution is -2.55. The van der Waals surface area contributed by atoms with Gasteiger partial charge in [0.25, 0.3) is 11.8 Å². The lowest BCUT2D eigenvalue weighted by molar-refractivity contribution is -0.183. The van der Waals surface area contributed by atoms with E-state index in [1.54, 1.807) is 52.0 Å². The first-order valence-corrected chi connectivity index (χ1v) is 20.2. The summed E-state index contributed by atoms with van der Waals surface area (Å²) in [4.78, 5) is 109. The van der Waals surface area contributed by atoms with Crippen molar-refractivity contribution < 1.29 is 62.0 Å². The Bertz CT molecular complexity index is 1860. The summed E-state index contributed by atoms with van der Waals surface area (Å²) in [5, 5.41) is 7.67. The van der Waals surface area contributed by atoms with Gasteiger partial charge in [0.2, 0.25) is 6.41 Å². The molecule has 1 saturated heterocycles. The number of amides is 3. The number of anilines is 1. The van der Waals surface area contributed by atoms with Crippen LogP contribution in [0.3, 0.4) is 0 Å². The van der Waals surface area contributed by atoms with Gasteiger partial charge < -0.3 is 39.6 Å². The third-order valence-corrected chi connectivity index (χ3v) is 9.96. The van der Waals surface area contributed by atoms with Gasteiger partial charge in [0, 0.05) is 5.92 Å². The number of carbonyl (C=O) groups is 8. The Labute approximate surface area is 351 Å². The minimum atomic E-state index is -1.88. The highest BCUT2D eigenvalue weighted by molar-refractivity contribution is 6.07. The quantitative estimate of drug-likeness (QED) is 0.107. The second-order valence-electron chi connectivity index (χ2n) is 16.3. The van der Waals surface area contributed by atoms with Crippen molar-refractivity contribution in [2.75, 3.05) is 5.32 Å². The molecule has 7 atom stereocenters. The summed E-state index contributed by atoms with van der Waals surface area (Å²) < 4.78 is 28.5. The number of Topliss-reactive ketones (excluding diaryl/α,β-unsaturated/α-hetero) is 1. The van der Waals surface area contributed by atoms with Gasteiger partial charge in [-0.25, -0.2) is 14.4 Å². The van der Waals surface area contributed by atoms with Gasteiger partial charge in [0.05, 0.1) is 17.3 Å². The average molecular weight is 838 g/mol. The molecule has 3 amide bonds. The molecule has 0 bridgehead atoms. The fourth-order valence-electron chi connectivity index (χ4n) is 6.24. The molecule has 1 fully saturated rings. The van der Waals surface area contributed by atoms with Gasteiger partial charge >= 0.3 is 23.9 Å². The number of nitrogens with one attached hydrogen (secondary N) is 3. The van der Waals surface area contributed by atoms with Crippen LogP contribution in [0.4, 0.5) is 5.69 Å². The predicted molar refractivity (Wildman–Crippen MR) is 218 cm³/mol. The van der Waals surface area contributed by atoms with Crippen molar-refractivity contribution in [1.29, 1.82) is 0 Å². The third kappa shape index (κ3) is 13.1. The van der Waals surface area contributed by atoms with E-state index in [-0.39, 0.29) is 48.3 Å². The SMILES string of the molecule is CCC(C)[C@@H]1OC(=O)[C@H](C)OC(=O)[C@@H](NC(=O)c2cccc(NC=O)c2OCc2ccccc2)[C@@H](C)OC(=O)[C@H](CC(C)C)OC(=O)C(C)(C)C(=O)[C@H](CC(C)C)NC1=O. The van der Waals surface area contributed by atoms with Crippen LogP contribution in [0, 0.1) is 23.2 Å². The fraction of sp³-hybridized carbons (Fsp3) is 0.545. The van der Waals surface area contributed by atoms with E-state index in [1.165, 1.54) is 45.9 Å². The molecule has 1 aliphatic rings. The highest BCUT2D eigenvalue weighted by Crippen LogP contribution is 2.31. The number of hydrogen-bond donors (Lipinski definition) is 3. The van der Waals surface area contributed by atoms with Gasteiger partial charge in [0.15, 0.2) is 35.9 Å². The molecule has 1 heterocycles. The standard InChI is InChI=1S/C44H59N3O13/c1-11-26(6)35-39(51)46-32(20-24(2)3)37(49)44(9,10)43(55)59-33(21-25(4)5)41(53)57-27(7)34(42(54)58-28(8)40(52)60-35)47-38(50)30-18-15-19-31(45-23-48)36(30)56-22-29-16-13-12-14-17-29/h12-19,23-28,32-35H,11,20-22H2,1-10H3,(H,45,48)(H,46,51)(H,47,50)/t26?,27-,28+,32+,33+,34+,35+/m1/s1. The third-order valence-electron chi connectivity index (χ3n) is 9.96. The Balaban J connectivity index is 2.12. The number of benzene rings is 2. The molecule has 1 unspecified atom stereocenters. The number of esters is 4. The number of cyclic esters (lactones) is 4. The van der Waals surface area contributed by atoms with Crippen LogP contribution in [0.1, 0.15) is 104 Å². The predicted octanol–water partition coefficient (Wildman–Crippen LogP) is 4.85. The largest absolute Gasteiger partial charge is 0.486 e. The van der Waals surface area contributed by atoms with Crippen LogP contribution in [0.15, 0.2) is 48.5 Å².